The summed E-state index contributed by atoms with van der Waals surface area (Å²) in [6.07, 6.45) is 8.97. The maximum Gasteiger partial charge on any atom is 0.234 e. The third-order valence-electron chi connectivity index (χ3n) is 3.27. The van der Waals surface area contributed by atoms with Crippen molar-refractivity contribution in [2.24, 2.45) is 0 Å². The van der Waals surface area contributed by atoms with Crippen molar-refractivity contribution in [1.82, 2.24) is 10.6 Å². The molecule has 17 heavy (non-hydrogen) atoms. The fraction of sp³-hybridized carbons (Fsp3) is 0.923. The molecule has 1 aliphatic carbocycles. The minimum absolute atomic E-state index is 0.132. The second-order valence-electron chi connectivity index (χ2n) is 4.86. The maximum absolute atomic E-state index is 11.5. The molecule has 4 heteroatoms. The third kappa shape index (κ3) is 7.34. The molecule has 0 radical (unpaired) electrons. The summed E-state index contributed by atoms with van der Waals surface area (Å²) in [7, 11) is 0. The number of carbonyl (C=O) groups excluding carboxylic acids is 1. The maximum atomic E-state index is 11.5. The number of amides is 1. The summed E-state index contributed by atoms with van der Waals surface area (Å²) in [4.78, 5) is 11.5. The highest BCUT2D eigenvalue weighted by atomic mass is 16.2. The van der Waals surface area contributed by atoms with E-state index >= 15 is 0 Å². The first-order chi connectivity index (χ1) is 8.33. The number of hydrogen-bond donors (Lipinski definition) is 3. The summed E-state index contributed by atoms with van der Waals surface area (Å²) in [6, 6.07) is 0.425. The van der Waals surface area contributed by atoms with Gasteiger partial charge in [-0.25, -0.2) is 0 Å². The zero-order valence-electron chi connectivity index (χ0n) is 10.7. The van der Waals surface area contributed by atoms with Gasteiger partial charge in [0.2, 0.25) is 5.91 Å². The van der Waals surface area contributed by atoms with Gasteiger partial charge in [-0.15, -0.1) is 0 Å². The number of nitrogens with one attached hydrogen (secondary N) is 2. The largest absolute Gasteiger partial charge is 0.396 e. The highest BCUT2D eigenvalue weighted by Crippen LogP contribution is 2.17. The minimum atomic E-state index is 0.132. The van der Waals surface area contributed by atoms with E-state index in [9.17, 15) is 4.79 Å². The van der Waals surface area contributed by atoms with Crippen LogP contribution in [0, 0.1) is 0 Å². The van der Waals surface area contributed by atoms with Gasteiger partial charge in [0.1, 0.15) is 0 Å². The first-order valence-corrected chi connectivity index (χ1v) is 6.94. The van der Waals surface area contributed by atoms with Gasteiger partial charge >= 0.3 is 0 Å². The molecule has 1 saturated carbocycles. The minimum Gasteiger partial charge on any atom is -0.396 e. The summed E-state index contributed by atoms with van der Waals surface area (Å²) in [6.45, 7) is 1.62. The number of hydrogen-bond acceptors (Lipinski definition) is 3. The lowest BCUT2D eigenvalue weighted by Gasteiger charge is -2.12. The van der Waals surface area contributed by atoms with Crippen LogP contribution in [0.5, 0.6) is 0 Å². The van der Waals surface area contributed by atoms with E-state index < -0.39 is 0 Å². The number of aliphatic hydroxyl groups excluding tert-OH is 1. The Hall–Kier alpha value is -0.610. The van der Waals surface area contributed by atoms with E-state index in [0.717, 1.165) is 45.1 Å². The van der Waals surface area contributed by atoms with E-state index in [2.05, 4.69) is 10.6 Å². The Balaban J connectivity index is 1.86. The molecule has 0 aliphatic heterocycles. The Labute approximate surface area is 104 Å². The molecule has 0 saturated heterocycles. The van der Waals surface area contributed by atoms with E-state index in [1.54, 1.807) is 0 Å². The molecule has 0 aromatic heterocycles. The van der Waals surface area contributed by atoms with Crippen molar-refractivity contribution in [3.05, 3.63) is 0 Å². The van der Waals surface area contributed by atoms with Crippen LogP contribution < -0.4 is 10.6 Å². The normalized spacial score (nSPS) is 16.3. The molecule has 1 rings (SSSR count). The smallest absolute Gasteiger partial charge is 0.234 e. The summed E-state index contributed by atoms with van der Waals surface area (Å²) in [5.41, 5.74) is 0. The molecular weight excluding hydrogens is 216 g/mol. The molecule has 0 bridgehead atoms. The van der Waals surface area contributed by atoms with Gasteiger partial charge in [0.05, 0.1) is 6.54 Å². The predicted molar refractivity (Wildman–Crippen MR) is 68.8 cm³/mol. The van der Waals surface area contributed by atoms with Crippen LogP contribution in [0.15, 0.2) is 0 Å². The number of aliphatic hydroxyl groups is 1. The van der Waals surface area contributed by atoms with Crippen molar-refractivity contribution in [2.45, 2.75) is 57.4 Å². The highest BCUT2D eigenvalue weighted by molar-refractivity contribution is 5.78. The molecule has 0 spiro atoms. The van der Waals surface area contributed by atoms with Gasteiger partial charge in [0.25, 0.3) is 0 Å². The Kier molecular flexibility index (Phi) is 8.01. The van der Waals surface area contributed by atoms with Gasteiger partial charge in [0, 0.05) is 12.6 Å². The Morgan fingerprint density at radius 1 is 1.12 bits per heavy atom. The highest BCUT2D eigenvalue weighted by Gasteiger charge is 2.16. The molecule has 0 heterocycles. The van der Waals surface area contributed by atoms with Crippen LogP contribution in [0.2, 0.25) is 0 Å². The quantitative estimate of drug-likeness (QED) is 0.532. The second-order valence-corrected chi connectivity index (χ2v) is 4.86. The molecule has 1 aliphatic rings. The van der Waals surface area contributed by atoms with Gasteiger partial charge in [0.15, 0.2) is 0 Å². The second kappa shape index (κ2) is 9.42. The Morgan fingerprint density at radius 3 is 2.53 bits per heavy atom. The molecule has 0 aromatic carbocycles. The van der Waals surface area contributed by atoms with Crippen molar-refractivity contribution in [3.8, 4) is 0 Å². The lowest BCUT2D eigenvalue weighted by molar-refractivity contribution is -0.120. The summed E-state index contributed by atoms with van der Waals surface area (Å²) >= 11 is 0. The Bertz CT molecular complexity index is 204. The van der Waals surface area contributed by atoms with E-state index in [1.807, 2.05) is 0 Å². The van der Waals surface area contributed by atoms with Crippen molar-refractivity contribution < 1.29 is 9.90 Å². The molecule has 3 N–H and O–H groups in total. The molecule has 0 unspecified atom stereocenters. The van der Waals surface area contributed by atoms with Crippen LogP contribution in [0.3, 0.4) is 0 Å². The van der Waals surface area contributed by atoms with Crippen molar-refractivity contribution in [1.29, 1.82) is 0 Å². The SMILES string of the molecule is O=C(CNCCCCCCO)NC1CCCC1. The van der Waals surface area contributed by atoms with E-state index in [4.69, 9.17) is 5.11 Å². The molecule has 100 valence electrons. The number of carbonyl (C=O) groups is 1. The fourth-order valence-electron chi connectivity index (χ4n) is 2.27. The molecule has 1 amide bonds. The van der Waals surface area contributed by atoms with Gasteiger partial charge in [-0.05, 0) is 32.2 Å². The summed E-state index contributed by atoms with van der Waals surface area (Å²) in [5, 5.41) is 14.8. The first kappa shape index (κ1) is 14.5. The van der Waals surface area contributed by atoms with Crippen molar-refractivity contribution >= 4 is 5.91 Å². The zero-order valence-corrected chi connectivity index (χ0v) is 10.7. The molecular formula is C13H26N2O2. The van der Waals surface area contributed by atoms with Crippen LogP contribution in [0.25, 0.3) is 0 Å². The standard InChI is InChI=1S/C13H26N2O2/c16-10-6-2-1-5-9-14-11-13(17)15-12-7-3-4-8-12/h12,14,16H,1-11H2,(H,15,17). The van der Waals surface area contributed by atoms with Gasteiger partial charge in [-0.2, -0.15) is 0 Å². The number of unbranched alkanes of at least 4 members (excludes halogenated alkanes) is 3. The number of rotatable bonds is 9. The predicted octanol–water partition coefficient (Wildman–Crippen LogP) is 1.19. The van der Waals surface area contributed by atoms with Gasteiger partial charge in [-0.1, -0.05) is 25.7 Å². The average Bonchev–Trinajstić information content (AvgIpc) is 2.80. The van der Waals surface area contributed by atoms with E-state index in [-0.39, 0.29) is 12.5 Å². The molecule has 4 nitrogen and oxygen atoms in total. The third-order valence-corrected chi connectivity index (χ3v) is 3.27. The van der Waals surface area contributed by atoms with Gasteiger partial charge in [-0.3, -0.25) is 4.79 Å². The lowest BCUT2D eigenvalue weighted by atomic mass is 10.2. The van der Waals surface area contributed by atoms with Crippen molar-refractivity contribution in [2.75, 3.05) is 19.7 Å². The summed E-state index contributed by atoms with van der Waals surface area (Å²) < 4.78 is 0. The monoisotopic (exact) mass is 242 g/mol. The summed E-state index contributed by atoms with van der Waals surface area (Å²) in [5.74, 6) is 0.132. The van der Waals surface area contributed by atoms with Crippen LogP contribution in [0.4, 0.5) is 0 Å². The van der Waals surface area contributed by atoms with Crippen LogP contribution in [0.1, 0.15) is 51.4 Å². The van der Waals surface area contributed by atoms with Gasteiger partial charge < -0.3 is 15.7 Å². The fourth-order valence-corrected chi connectivity index (χ4v) is 2.27. The van der Waals surface area contributed by atoms with Crippen molar-refractivity contribution in [3.63, 3.8) is 0 Å². The first-order valence-electron chi connectivity index (χ1n) is 6.94. The molecule has 0 aromatic rings. The van der Waals surface area contributed by atoms with Crippen LogP contribution >= 0.6 is 0 Å². The van der Waals surface area contributed by atoms with Crippen LogP contribution in [-0.2, 0) is 4.79 Å². The van der Waals surface area contributed by atoms with E-state index in [1.165, 1.54) is 12.8 Å². The topological polar surface area (TPSA) is 61.4 Å². The average molecular weight is 242 g/mol. The van der Waals surface area contributed by atoms with E-state index in [0.29, 0.717) is 12.6 Å². The zero-order chi connectivity index (χ0) is 12.3. The molecule has 0 atom stereocenters. The van der Waals surface area contributed by atoms with Crippen LogP contribution in [-0.4, -0.2) is 36.8 Å². The Morgan fingerprint density at radius 2 is 1.82 bits per heavy atom. The lowest BCUT2D eigenvalue weighted by Crippen LogP contribution is -2.39. The molecule has 1 fully saturated rings.